The predicted molar refractivity (Wildman–Crippen MR) is 99.4 cm³/mol. The van der Waals surface area contributed by atoms with Crippen LogP contribution < -0.4 is 0 Å². The Labute approximate surface area is 162 Å². The second kappa shape index (κ2) is 9.18. The van der Waals surface area contributed by atoms with Gasteiger partial charge in [0.1, 0.15) is 0 Å². The van der Waals surface area contributed by atoms with E-state index in [9.17, 15) is 35.1 Å². The van der Waals surface area contributed by atoms with Crippen molar-refractivity contribution in [2.75, 3.05) is 6.61 Å². The van der Waals surface area contributed by atoms with Crippen LogP contribution in [0.3, 0.4) is 0 Å². The maximum Gasteiger partial charge on any atom is 0.338 e. The van der Waals surface area contributed by atoms with Crippen molar-refractivity contribution in [1.29, 1.82) is 0 Å². The summed E-state index contributed by atoms with van der Waals surface area (Å²) in [7, 11) is 0. The number of carbonyl (C=O) groups excluding carboxylic acids is 2. The summed E-state index contributed by atoms with van der Waals surface area (Å²) in [4.78, 5) is 24.5. The van der Waals surface area contributed by atoms with Gasteiger partial charge in [0.05, 0.1) is 24.7 Å². The molecule has 1 aliphatic rings. The lowest BCUT2D eigenvalue weighted by molar-refractivity contribution is -0.185. The van der Waals surface area contributed by atoms with Gasteiger partial charge in [0, 0.05) is 12.8 Å². The number of benzene rings is 1. The van der Waals surface area contributed by atoms with Crippen LogP contribution in [0.4, 0.5) is 0 Å². The van der Waals surface area contributed by atoms with Gasteiger partial charge in [0.15, 0.2) is 22.9 Å². The monoisotopic (exact) mass is 394 g/mol. The Morgan fingerprint density at radius 2 is 1.82 bits per heavy atom. The molecule has 1 saturated carbocycles. The molecule has 0 heterocycles. The van der Waals surface area contributed by atoms with E-state index in [0.29, 0.717) is 12.0 Å². The smallest absolute Gasteiger partial charge is 0.338 e. The van der Waals surface area contributed by atoms with Gasteiger partial charge in [0.2, 0.25) is 0 Å². The highest BCUT2D eigenvalue weighted by Crippen LogP contribution is 2.35. The quantitative estimate of drug-likeness (QED) is 0.198. The lowest BCUT2D eigenvalue weighted by Crippen LogP contribution is -2.55. The van der Waals surface area contributed by atoms with Gasteiger partial charge in [-0.3, -0.25) is 4.79 Å². The fourth-order valence-electron chi connectivity index (χ4n) is 3.21. The van der Waals surface area contributed by atoms with Crippen LogP contribution in [0.25, 0.3) is 6.08 Å². The molecular weight excluding hydrogens is 368 g/mol. The van der Waals surface area contributed by atoms with Crippen LogP contribution in [-0.4, -0.2) is 61.7 Å². The summed E-state index contributed by atoms with van der Waals surface area (Å²) in [6.45, 7) is 2.05. The van der Waals surface area contributed by atoms with Crippen molar-refractivity contribution in [1.82, 2.24) is 0 Å². The van der Waals surface area contributed by atoms with Gasteiger partial charge in [-0.15, -0.1) is 0 Å². The maximum atomic E-state index is 12.4. The highest BCUT2D eigenvalue weighted by molar-refractivity contribution is 5.96. The minimum Gasteiger partial charge on any atom is -0.504 e. The zero-order valence-electron chi connectivity index (χ0n) is 15.6. The topological polar surface area (TPSA) is 145 Å². The van der Waals surface area contributed by atoms with E-state index in [-0.39, 0.29) is 18.1 Å². The van der Waals surface area contributed by atoms with Crippen LogP contribution in [0.15, 0.2) is 24.3 Å². The van der Waals surface area contributed by atoms with Crippen molar-refractivity contribution in [2.24, 2.45) is 5.92 Å². The summed E-state index contributed by atoms with van der Waals surface area (Å²) < 4.78 is 4.99. The number of hydrogen-bond acceptors (Lipinski definition) is 8. The second-order valence-electron chi connectivity index (χ2n) is 7.07. The molecule has 0 saturated heterocycles. The van der Waals surface area contributed by atoms with Gasteiger partial charge in [0.25, 0.3) is 0 Å². The molecule has 28 heavy (non-hydrogen) atoms. The van der Waals surface area contributed by atoms with Crippen molar-refractivity contribution in [3.8, 4) is 11.5 Å². The Hall–Kier alpha value is -2.42. The van der Waals surface area contributed by atoms with Gasteiger partial charge in [-0.05, 0) is 30.2 Å². The van der Waals surface area contributed by atoms with E-state index in [4.69, 9.17) is 4.74 Å². The highest BCUT2D eigenvalue weighted by atomic mass is 16.5. The number of carbonyl (C=O) groups is 2. The average Bonchev–Trinajstić information content (AvgIpc) is 2.62. The van der Waals surface area contributed by atoms with Crippen molar-refractivity contribution in [3.05, 3.63) is 29.8 Å². The number of unbranched alkanes of at least 4 members (excludes halogenated alkanes) is 1. The molecule has 0 amide bonds. The van der Waals surface area contributed by atoms with Crippen LogP contribution in [0.1, 0.15) is 38.2 Å². The third kappa shape index (κ3) is 5.09. The average molecular weight is 394 g/mol. The highest BCUT2D eigenvalue weighted by Gasteiger charge is 2.51. The van der Waals surface area contributed by atoms with Gasteiger partial charge in [-0.1, -0.05) is 25.5 Å². The normalized spacial score (nSPS) is 27.6. The zero-order valence-corrected chi connectivity index (χ0v) is 15.6. The molecule has 8 nitrogen and oxygen atoms in total. The molecule has 1 aromatic carbocycles. The SMILES string of the molecule is CCCCOC(=O)C1(O)C[C@@H](O)C(C(=O)/C=C/c2ccc(O)c(O)c2)[C@H](O)C1. The van der Waals surface area contributed by atoms with Gasteiger partial charge in [-0.25, -0.2) is 4.79 Å². The van der Waals surface area contributed by atoms with E-state index < -0.39 is 48.3 Å². The predicted octanol–water partition coefficient (Wildman–Crippen LogP) is 0.886. The first-order valence-corrected chi connectivity index (χ1v) is 9.17. The van der Waals surface area contributed by atoms with Crippen molar-refractivity contribution in [2.45, 2.75) is 50.4 Å². The largest absolute Gasteiger partial charge is 0.504 e. The Morgan fingerprint density at radius 3 is 2.39 bits per heavy atom. The Kier molecular flexibility index (Phi) is 7.17. The van der Waals surface area contributed by atoms with Gasteiger partial charge in [-0.2, -0.15) is 0 Å². The molecule has 1 aliphatic carbocycles. The van der Waals surface area contributed by atoms with E-state index in [1.54, 1.807) is 0 Å². The van der Waals surface area contributed by atoms with Crippen LogP contribution >= 0.6 is 0 Å². The van der Waals surface area contributed by atoms with Crippen molar-refractivity contribution < 1.29 is 39.9 Å². The molecule has 0 radical (unpaired) electrons. The summed E-state index contributed by atoms with van der Waals surface area (Å²) in [5, 5.41) is 49.8. The molecule has 1 aromatic rings. The van der Waals surface area contributed by atoms with Gasteiger partial charge >= 0.3 is 5.97 Å². The lowest BCUT2D eigenvalue weighted by atomic mass is 9.73. The van der Waals surface area contributed by atoms with E-state index in [2.05, 4.69) is 0 Å². The van der Waals surface area contributed by atoms with Gasteiger partial charge < -0.3 is 30.3 Å². The van der Waals surface area contributed by atoms with Crippen molar-refractivity contribution >= 4 is 17.8 Å². The molecular formula is C20H26O8. The van der Waals surface area contributed by atoms with E-state index in [1.807, 2.05) is 6.92 Å². The van der Waals surface area contributed by atoms with Crippen molar-refractivity contribution in [3.63, 3.8) is 0 Å². The summed E-state index contributed by atoms with van der Waals surface area (Å²) >= 11 is 0. The first-order chi connectivity index (χ1) is 13.2. The molecule has 5 N–H and O–H groups in total. The molecule has 154 valence electrons. The number of aromatic hydroxyl groups is 2. The third-order valence-corrected chi connectivity index (χ3v) is 4.80. The minimum absolute atomic E-state index is 0.133. The number of phenolic OH excluding ortho intramolecular Hbond substituents is 2. The third-order valence-electron chi connectivity index (χ3n) is 4.80. The standard InChI is InChI=1S/C20H26O8/c1-2-3-8-28-19(26)20(27)10-16(24)18(17(25)11-20)14(22)7-5-12-4-6-13(21)15(23)9-12/h4-7,9,16-18,21,23-25,27H,2-3,8,10-11H2,1H3/b7-5+/t16-,17-,18?,20?/m1/s1. The zero-order chi connectivity index (χ0) is 20.9. The molecule has 8 heteroatoms. The number of allylic oxidation sites excluding steroid dienone is 1. The molecule has 2 atom stereocenters. The molecule has 0 aliphatic heterocycles. The number of esters is 1. The lowest BCUT2D eigenvalue weighted by Gasteiger charge is -2.39. The fraction of sp³-hybridized carbons (Fsp3) is 0.500. The molecule has 0 spiro atoms. The summed E-state index contributed by atoms with van der Waals surface area (Å²) in [6, 6.07) is 3.98. The number of phenols is 2. The number of aliphatic hydroxyl groups is 3. The minimum atomic E-state index is -2.05. The molecule has 1 fully saturated rings. The Bertz CT molecular complexity index is 730. The summed E-state index contributed by atoms with van der Waals surface area (Å²) in [6.07, 6.45) is 0.229. The molecule has 0 unspecified atom stereocenters. The Morgan fingerprint density at radius 1 is 1.18 bits per heavy atom. The first-order valence-electron chi connectivity index (χ1n) is 9.17. The molecule has 0 bridgehead atoms. The van der Waals surface area contributed by atoms with E-state index in [0.717, 1.165) is 12.5 Å². The first kappa shape index (κ1) is 21.9. The molecule has 0 aromatic heterocycles. The number of ether oxygens (including phenoxy) is 1. The van der Waals surface area contributed by atoms with Crippen LogP contribution in [0.5, 0.6) is 11.5 Å². The summed E-state index contributed by atoms with van der Waals surface area (Å²) in [5.74, 6) is -3.36. The summed E-state index contributed by atoms with van der Waals surface area (Å²) in [5.41, 5.74) is -1.62. The van der Waals surface area contributed by atoms with Crippen LogP contribution in [0.2, 0.25) is 0 Å². The van der Waals surface area contributed by atoms with E-state index >= 15 is 0 Å². The second-order valence-corrected chi connectivity index (χ2v) is 7.07. The number of aliphatic hydroxyl groups excluding tert-OH is 2. The fourth-order valence-corrected chi connectivity index (χ4v) is 3.21. The number of hydrogen-bond donors (Lipinski definition) is 5. The van der Waals surface area contributed by atoms with Crippen LogP contribution in [0, 0.1) is 5.92 Å². The maximum absolute atomic E-state index is 12.4. The van der Waals surface area contributed by atoms with Crippen LogP contribution in [-0.2, 0) is 14.3 Å². The Balaban J connectivity index is 2.05. The molecule has 2 rings (SSSR count). The number of rotatable bonds is 7. The van der Waals surface area contributed by atoms with E-state index in [1.165, 1.54) is 24.3 Å². The number of ketones is 1.